The molecule has 0 unspecified atom stereocenters. The normalized spacial score (nSPS) is 20.3. The Labute approximate surface area is 194 Å². The molecule has 5 rings (SSSR count). The zero-order valence-corrected chi connectivity index (χ0v) is 18.5. The van der Waals surface area contributed by atoms with E-state index in [0.717, 1.165) is 12.3 Å². The Morgan fingerprint density at radius 2 is 1.65 bits per heavy atom. The van der Waals surface area contributed by atoms with E-state index in [4.69, 9.17) is 20.2 Å². The molecule has 1 saturated carbocycles. The van der Waals surface area contributed by atoms with Crippen molar-refractivity contribution in [2.45, 2.75) is 24.4 Å². The monoisotopic (exact) mass is 478 g/mol. The maximum atomic E-state index is 13.9. The van der Waals surface area contributed by atoms with Gasteiger partial charge in [0.2, 0.25) is 11.9 Å². The molecule has 2 aliphatic heterocycles. The predicted octanol–water partition coefficient (Wildman–Crippen LogP) is 1.87. The van der Waals surface area contributed by atoms with Gasteiger partial charge in [0.05, 0.1) is 48.8 Å². The Kier molecular flexibility index (Phi) is 5.80. The van der Waals surface area contributed by atoms with E-state index in [2.05, 4.69) is 9.97 Å². The Hall–Kier alpha value is -2.99. The molecular formula is C22H25F3N6O3. The van der Waals surface area contributed by atoms with E-state index < -0.39 is 17.2 Å². The first-order chi connectivity index (χ1) is 16.3. The third kappa shape index (κ3) is 4.27. The number of rotatable bonds is 4. The average molecular weight is 478 g/mol. The molecule has 0 spiro atoms. The van der Waals surface area contributed by atoms with Crippen LogP contribution in [-0.4, -0.2) is 78.4 Å². The third-order valence-electron chi connectivity index (χ3n) is 6.46. The van der Waals surface area contributed by atoms with Crippen molar-refractivity contribution in [1.29, 1.82) is 0 Å². The van der Waals surface area contributed by atoms with Gasteiger partial charge >= 0.3 is 6.18 Å². The van der Waals surface area contributed by atoms with Crippen molar-refractivity contribution in [3.05, 3.63) is 29.6 Å². The zero-order valence-electron chi connectivity index (χ0n) is 18.5. The van der Waals surface area contributed by atoms with Gasteiger partial charge in [0, 0.05) is 37.9 Å². The van der Waals surface area contributed by atoms with Crippen LogP contribution in [0.2, 0.25) is 0 Å². The minimum atomic E-state index is -4.66. The summed E-state index contributed by atoms with van der Waals surface area (Å²) in [4.78, 5) is 30.1. The topological polar surface area (TPSA) is 107 Å². The second-order valence-electron chi connectivity index (χ2n) is 8.68. The average Bonchev–Trinajstić information content (AvgIpc) is 3.66. The van der Waals surface area contributed by atoms with Crippen molar-refractivity contribution in [2.24, 2.45) is 0 Å². The summed E-state index contributed by atoms with van der Waals surface area (Å²) in [5, 5.41) is 0. The standard InChI is InChI=1S/C22H25F3N6O3/c23-22(24,25)15-11-18(26)27-13-14(15)16-12-17(29-20(28-16)31-5-9-34-10-6-31)21(1-2-21)19(32)30-3-7-33-8-4-30/h11-13H,1-10H2,(H2,26,27). The van der Waals surface area contributed by atoms with Crippen LogP contribution in [-0.2, 0) is 25.9 Å². The summed E-state index contributed by atoms with van der Waals surface area (Å²) >= 11 is 0. The molecule has 182 valence electrons. The summed E-state index contributed by atoms with van der Waals surface area (Å²) in [5.41, 5.74) is 4.05. The zero-order chi connectivity index (χ0) is 23.9. The van der Waals surface area contributed by atoms with Gasteiger partial charge in [0.25, 0.3) is 0 Å². The lowest BCUT2D eigenvalue weighted by atomic mass is 9.97. The summed E-state index contributed by atoms with van der Waals surface area (Å²) < 4.78 is 52.3. The first kappa shape index (κ1) is 22.8. The molecule has 2 N–H and O–H groups in total. The number of amides is 1. The quantitative estimate of drug-likeness (QED) is 0.710. The number of nitrogen functional groups attached to an aromatic ring is 1. The van der Waals surface area contributed by atoms with Gasteiger partial charge in [-0.25, -0.2) is 15.0 Å². The first-order valence-corrected chi connectivity index (χ1v) is 11.2. The number of anilines is 2. The highest BCUT2D eigenvalue weighted by Crippen LogP contribution is 2.50. The van der Waals surface area contributed by atoms with E-state index in [9.17, 15) is 18.0 Å². The molecule has 34 heavy (non-hydrogen) atoms. The highest BCUT2D eigenvalue weighted by atomic mass is 19.4. The summed E-state index contributed by atoms with van der Waals surface area (Å²) in [5.74, 6) is -0.0263. The van der Waals surface area contributed by atoms with Crippen LogP contribution in [0, 0.1) is 0 Å². The SMILES string of the molecule is Nc1cc(C(F)(F)F)c(-c2cc(C3(C(=O)N4CCOCC4)CC3)nc(N3CCOCC3)n2)cn1. The summed E-state index contributed by atoms with van der Waals surface area (Å²) in [6.07, 6.45) is -2.42. The Morgan fingerprint density at radius 1 is 1.00 bits per heavy atom. The number of aromatic nitrogens is 3. The van der Waals surface area contributed by atoms with Gasteiger partial charge in [0.15, 0.2) is 0 Å². The van der Waals surface area contributed by atoms with Gasteiger partial charge < -0.3 is 25.0 Å². The number of carbonyl (C=O) groups excluding carboxylic acids is 1. The van der Waals surface area contributed by atoms with E-state index in [-0.39, 0.29) is 28.9 Å². The van der Waals surface area contributed by atoms with Crippen molar-refractivity contribution < 1.29 is 27.4 Å². The number of nitrogens with zero attached hydrogens (tertiary/aromatic N) is 5. The summed E-state index contributed by atoms with van der Waals surface area (Å²) in [6.45, 7) is 3.79. The van der Waals surface area contributed by atoms with E-state index in [0.29, 0.717) is 71.1 Å². The number of ether oxygens (including phenoxy) is 2. The smallest absolute Gasteiger partial charge is 0.384 e. The van der Waals surface area contributed by atoms with Crippen molar-refractivity contribution in [3.63, 3.8) is 0 Å². The molecule has 0 aromatic carbocycles. The van der Waals surface area contributed by atoms with Crippen molar-refractivity contribution in [3.8, 4) is 11.3 Å². The second-order valence-corrected chi connectivity index (χ2v) is 8.68. The highest BCUT2D eigenvalue weighted by molar-refractivity contribution is 5.91. The number of carbonyl (C=O) groups is 1. The number of alkyl halides is 3. The molecule has 4 heterocycles. The van der Waals surface area contributed by atoms with Crippen LogP contribution >= 0.6 is 0 Å². The van der Waals surface area contributed by atoms with Crippen LogP contribution in [0.15, 0.2) is 18.3 Å². The molecule has 1 amide bonds. The molecule has 2 aromatic heterocycles. The number of nitrogens with two attached hydrogens (primary N) is 1. The van der Waals surface area contributed by atoms with E-state index >= 15 is 0 Å². The fraction of sp³-hybridized carbons (Fsp3) is 0.545. The van der Waals surface area contributed by atoms with Gasteiger partial charge in [-0.2, -0.15) is 13.2 Å². The van der Waals surface area contributed by atoms with Crippen LogP contribution in [0.25, 0.3) is 11.3 Å². The van der Waals surface area contributed by atoms with Crippen LogP contribution in [0.5, 0.6) is 0 Å². The molecular weight excluding hydrogens is 453 g/mol. The predicted molar refractivity (Wildman–Crippen MR) is 116 cm³/mol. The molecule has 2 aromatic rings. The van der Waals surface area contributed by atoms with Gasteiger partial charge in [0.1, 0.15) is 5.82 Å². The van der Waals surface area contributed by atoms with E-state index in [1.807, 2.05) is 4.90 Å². The van der Waals surface area contributed by atoms with Crippen LogP contribution < -0.4 is 10.6 Å². The molecule has 3 aliphatic rings. The summed E-state index contributed by atoms with van der Waals surface area (Å²) in [7, 11) is 0. The minimum absolute atomic E-state index is 0.0624. The number of pyridine rings is 1. The first-order valence-electron chi connectivity index (χ1n) is 11.2. The third-order valence-corrected chi connectivity index (χ3v) is 6.46. The van der Waals surface area contributed by atoms with Crippen LogP contribution in [0.4, 0.5) is 24.9 Å². The minimum Gasteiger partial charge on any atom is -0.384 e. The Bertz CT molecular complexity index is 1080. The maximum Gasteiger partial charge on any atom is 0.417 e. The lowest BCUT2D eigenvalue weighted by Gasteiger charge is -2.31. The summed E-state index contributed by atoms with van der Waals surface area (Å²) in [6, 6.07) is 2.30. The second kappa shape index (κ2) is 8.66. The van der Waals surface area contributed by atoms with Crippen molar-refractivity contribution in [2.75, 3.05) is 63.2 Å². The van der Waals surface area contributed by atoms with Crippen molar-refractivity contribution >= 4 is 17.7 Å². The fourth-order valence-electron chi connectivity index (χ4n) is 4.41. The lowest BCUT2D eigenvalue weighted by Crippen LogP contribution is -2.46. The number of morpholine rings is 2. The molecule has 0 atom stereocenters. The Balaban J connectivity index is 1.61. The lowest BCUT2D eigenvalue weighted by molar-refractivity contribution is -0.138. The highest BCUT2D eigenvalue weighted by Gasteiger charge is 2.55. The van der Waals surface area contributed by atoms with E-state index in [1.54, 1.807) is 4.90 Å². The molecule has 0 radical (unpaired) electrons. The largest absolute Gasteiger partial charge is 0.417 e. The molecule has 2 saturated heterocycles. The Morgan fingerprint density at radius 3 is 2.26 bits per heavy atom. The molecule has 1 aliphatic carbocycles. The number of halogens is 3. The van der Waals surface area contributed by atoms with Crippen LogP contribution in [0.1, 0.15) is 24.1 Å². The van der Waals surface area contributed by atoms with E-state index in [1.165, 1.54) is 6.07 Å². The van der Waals surface area contributed by atoms with Crippen LogP contribution in [0.3, 0.4) is 0 Å². The number of hydrogen-bond donors (Lipinski definition) is 1. The fourth-order valence-corrected chi connectivity index (χ4v) is 4.41. The van der Waals surface area contributed by atoms with Gasteiger partial charge in [-0.3, -0.25) is 4.79 Å². The van der Waals surface area contributed by atoms with Crippen molar-refractivity contribution in [1.82, 2.24) is 19.9 Å². The molecule has 9 nitrogen and oxygen atoms in total. The maximum absolute atomic E-state index is 13.9. The number of hydrogen-bond acceptors (Lipinski definition) is 8. The molecule has 0 bridgehead atoms. The van der Waals surface area contributed by atoms with Gasteiger partial charge in [-0.15, -0.1) is 0 Å². The molecule has 3 fully saturated rings. The molecule has 12 heteroatoms. The van der Waals surface area contributed by atoms with Gasteiger partial charge in [-0.1, -0.05) is 0 Å². The van der Waals surface area contributed by atoms with Gasteiger partial charge in [-0.05, 0) is 25.0 Å².